The van der Waals surface area contributed by atoms with Gasteiger partial charge in [0, 0.05) is 80.1 Å². The molecule has 4 rings (SSSR count). The second-order valence-electron chi connectivity index (χ2n) is 19.3. The molecule has 1 aromatic heterocycles. The Balaban J connectivity index is 1.25. The maximum absolute atomic E-state index is 15.1. The van der Waals surface area contributed by atoms with E-state index in [0.29, 0.717) is 29.2 Å². The van der Waals surface area contributed by atoms with Crippen LogP contribution in [0.3, 0.4) is 0 Å². The fourth-order valence-electron chi connectivity index (χ4n) is 8.18. The zero-order valence-electron chi connectivity index (χ0n) is 41.9. The molecule has 20 nitrogen and oxygen atoms in total. The average Bonchev–Trinajstić information content (AvgIpc) is 3.88. The van der Waals surface area contributed by atoms with Gasteiger partial charge >= 0.3 is 5.97 Å². The summed E-state index contributed by atoms with van der Waals surface area (Å²) in [6.45, 7) is 9.78. The molecule has 22 heteroatoms. The van der Waals surface area contributed by atoms with Crippen LogP contribution in [0.25, 0.3) is 11.1 Å². The van der Waals surface area contributed by atoms with Gasteiger partial charge in [-0.3, -0.25) is 43.8 Å². The highest BCUT2D eigenvalue weighted by Crippen LogP contribution is 2.41. The van der Waals surface area contributed by atoms with Crippen molar-refractivity contribution in [1.82, 2.24) is 41.2 Å². The van der Waals surface area contributed by atoms with Crippen LogP contribution in [0.1, 0.15) is 97.4 Å². The largest absolute Gasteiger partial charge is 0.480 e. The lowest BCUT2D eigenvalue weighted by molar-refractivity contribution is -0.147. The van der Waals surface area contributed by atoms with Crippen molar-refractivity contribution < 1.29 is 62.1 Å². The summed E-state index contributed by atoms with van der Waals surface area (Å²) in [6, 6.07) is 9.84. The highest BCUT2D eigenvalue weighted by Gasteiger charge is 2.38. The fraction of sp³-hybridized carbons (Fsp3) is 0.471. The van der Waals surface area contributed by atoms with Gasteiger partial charge in [-0.2, -0.15) is 5.01 Å². The first-order chi connectivity index (χ1) is 34.4. The maximum atomic E-state index is 15.1. The number of imide groups is 1. The van der Waals surface area contributed by atoms with Crippen LogP contribution in [0, 0.1) is 28.9 Å². The molecule has 2 heterocycles. The zero-order chi connectivity index (χ0) is 54.2. The number of hydrazine groups is 1. The van der Waals surface area contributed by atoms with E-state index in [1.165, 1.54) is 11.8 Å². The maximum Gasteiger partial charge on any atom is 0.326 e. The number of aliphatic hydroxyl groups is 1. The molecule has 396 valence electrons. The molecule has 9 N–H and O–H groups in total. The molecule has 1 aliphatic heterocycles. The molecule has 0 aliphatic carbocycles. The highest BCUT2D eigenvalue weighted by atomic mass is 19.1. The normalized spacial score (nSPS) is 14.5. The van der Waals surface area contributed by atoms with Crippen molar-refractivity contribution in [2.75, 3.05) is 26.2 Å². The Morgan fingerprint density at radius 3 is 2.10 bits per heavy atom. The number of aliphatic hydroxyl groups excluding tert-OH is 1. The lowest BCUT2D eigenvalue weighted by Gasteiger charge is -2.41. The zero-order valence-corrected chi connectivity index (χ0v) is 41.9. The molecule has 0 bridgehead atoms. The van der Waals surface area contributed by atoms with Gasteiger partial charge in [0.25, 0.3) is 11.8 Å². The molecule has 0 saturated carbocycles. The third-order valence-corrected chi connectivity index (χ3v) is 12.1. The standard InChI is InChI=1S/C51H67F2N9O11/c1-30(2)35(26-42(65)59-62-43(66)17-18-44(62)67)48(70)57-31(3)47(69)58-39(50(72)73)14-10-11-21-55-41(64)19-22-56-49(71)38(54)20-23-61(45(68)29-63)46(51(4,5)6)40-24-33(36-25-34(52)15-16-37(36)53)28-60(40)27-32-12-8-7-9-13-32/h7-9,12-13,15-18,24-25,28,30-31,35,38-39,46,63H,10-11,14,19-23,26-27,29,54H2,1-6H3,(H,55,64)(H,56,71)(H,57,70)(H,58,69)(H,59,65)(H,72,73)/t31-,35?,38-,39-,46-/m0/s1. The molecular formula is C51H67F2N9O11. The van der Waals surface area contributed by atoms with Crippen LogP contribution in [-0.4, -0.2) is 122 Å². The molecule has 1 unspecified atom stereocenters. The van der Waals surface area contributed by atoms with Gasteiger partial charge in [-0.25, -0.2) is 13.6 Å². The van der Waals surface area contributed by atoms with Crippen LogP contribution in [0.4, 0.5) is 8.78 Å². The van der Waals surface area contributed by atoms with Gasteiger partial charge in [0.15, 0.2) is 0 Å². The second kappa shape index (κ2) is 26.9. The van der Waals surface area contributed by atoms with E-state index >= 15 is 4.39 Å². The Kier molecular flexibility index (Phi) is 21.5. The number of rotatable bonds is 27. The molecule has 0 spiro atoms. The number of aromatic nitrogens is 1. The van der Waals surface area contributed by atoms with Gasteiger partial charge in [-0.1, -0.05) is 65.0 Å². The summed E-state index contributed by atoms with van der Waals surface area (Å²) < 4.78 is 31.3. The number of benzene rings is 2. The molecule has 5 atom stereocenters. The first kappa shape index (κ1) is 58.2. The van der Waals surface area contributed by atoms with Crippen molar-refractivity contribution in [2.45, 2.75) is 111 Å². The molecule has 3 aromatic rings. The van der Waals surface area contributed by atoms with E-state index < -0.39 is 119 Å². The first-order valence-corrected chi connectivity index (χ1v) is 24.0. The predicted molar refractivity (Wildman–Crippen MR) is 263 cm³/mol. The smallest absolute Gasteiger partial charge is 0.326 e. The molecule has 0 saturated heterocycles. The number of hydrogen-bond acceptors (Lipinski definition) is 11. The number of nitrogens with one attached hydrogen (secondary N) is 5. The molecular weight excluding hydrogens is 953 g/mol. The second-order valence-corrected chi connectivity index (χ2v) is 19.3. The summed E-state index contributed by atoms with van der Waals surface area (Å²) in [5, 5.41) is 30.6. The Hall–Kier alpha value is -7.33. The topological polar surface area (TPSA) is 292 Å². The number of carbonyl (C=O) groups is 9. The molecule has 0 fully saturated rings. The van der Waals surface area contributed by atoms with E-state index in [9.17, 15) is 57.8 Å². The van der Waals surface area contributed by atoms with Crippen molar-refractivity contribution in [3.8, 4) is 11.1 Å². The highest BCUT2D eigenvalue weighted by molar-refractivity contribution is 6.13. The van der Waals surface area contributed by atoms with E-state index in [0.717, 1.165) is 35.9 Å². The lowest BCUT2D eigenvalue weighted by atomic mass is 9.82. The molecule has 2 aromatic carbocycles. The third kappa shape index (κ3) is 17.2. The van der Waals surface area contributed by atoms with Gasteiger partial charge < -0.3 is 46.7 Å². The number of nitrogens with zero attached hydrogens (tertiary/aromatic N) is 3. The van der Waals surface area contributed by atoms with Crippen molar-refractivity contribution in [3.05, 3.63) is 95.8 Å². The van der Waals surface area contributed by atoms with Crippen LogP contribution in [0.5, 0.6) is 0 Å². The number of carboxylic acid groups (broad SMARTS) is 1. The van der Waals surface area contributed by atoms with Gasteiger partial charge in [0.1, 0.15) is 30.3 Å². The minimum atomic E-state index is -1.33. The van der Waals surface area contributed by atoms with Crippen molar-refractivity contribution in [3.63, 3.8) is 0 Å². The Labute approximate surface area is 422 Å². The summed E-state index contributed by atoms with van der Waals surface area (Å²) >= 11 is 0. The van der Waals surface area contributed by atoms with Crippen molar-refractivity contribution in [1.29, 1.82) is 0 Å². The average molecular weight is 1020 g/mol. The number of hydrogen-bond donors (Lipinski definition) is 8. The lowest BCUT2D eigenvalue weighted by Crippen LogP contribution is -2.52. The van der Waals surface area contributed by atoms with Crippen LogP contribution in [0.2, 0.25) is 0 Å². The SMILES string of the molecule is CC(C)C(CC(=O)NN1C(=O)C=CC1=O)C(=O)N[C@@H](C)C(=O)N[C@@H](CCCCNC(=O)CCNC(=O)[C@@H](N)CCN(C(=O)CO)[C@@H](c1cc(-c2cc(F)ccc2F)cn1Cc1ccccc1)C(C)(C)C)C(=O)O. The summed E-state index contributed by atoms with van der Waals surface area (Å²) in [5.41, 5.74) is 9.61. The summed E-state index contributed by atoms with van der Waals surface area (Å²) in [5.74, 6) is -9.38. The fourth-order valence-corrected chi connectivity index (χ4v) is 8.18. The van der Waals surface area contributed by atoms with Gasteiger partial charge in [0.2, 0.25) is 35.4 Å². The van der Waals surface area contributed by atoms with Crippen LogP contribution in [0.15, 0.2) is 72.9 Å². The van der Waals surface area contributed by atoms with E-state index in [-0.39, 0.29) is 50.9 Å². The van der Waals surface area contributed by atoms with Crippen molar-refractivity contribution >= 4 is 53.2 Å². The van der Waals surface area contributed by atoms with Gasteiger partial charge in [0.05, 0.1) is 12.1 Å². The number of nitrogens with two attached hydrogens (primary N) is 1. The monoisotopic (exact) mass is 1020 g/mol. The number of aliphatic carboxylic acids is 1. The molecule has 8 amide bonds. The molecule has 73 heavy (non-hydrogen) atoms. The third-order valence-electron chi connectivity index (χ3n) is 12.1. The van der Waals surface area contributed by atoms with E-state index in [1.54, 1.807) is 26.1 Å². The molecule has 0 radical (unpaired) electrons. The van der Waals surface area contributed by atoms with E-state index in [1.807, 2.05) is 55.7 Å². The number of carboxylic acids is 1. The molecule has 1 aliphatic rings. The summed E-state index contributed by atoms with van der Waals surface area (Å²) in [6.07, 6.45) is 3.65. The number of halogens is 2. The Bertz CT molecular complexity index is 2490. The quantitative estimate of drug-likeness (QED) is 0.0404. The first-order valence-electron chi connectivity index (χ1n) is 24.0. The van der Waals surface area contributed by atoms with Crippen LogP contribution in [-0.2, 0) is 49.7 Å². The number of amides is 8. The van der Waals surface area contributed by atoms with Crippen LogP contribution >= 0.6 is 0 Å². The minimum Gasteiger partial charge on any atom is -0.480 e. The van der Waals surface area contributed by atoms with E-state index in [2.05, 4.69) is 26.7 Å². The summed E-state index contributed by atoms with van der Waals surface area (Å²) in [4.78, 5) is 115. The van der Waals surface area contributed by atoms with Crippen LogP contribution < -0.4 is 32.4 Å². The Morgan fingerprint density at radius 1 is 0.808 bits per heavy atom. The van der Waals surface area contributed by atoms with Gasteiger partial charge in [-0.15, -0.1) is 0 Å². The number of unbranched alkanes of at least 4 members (excludes halogenated alkanes) is 1. The van der Waals surface area contributed by atoms with Gasteiger partial charge in [-0.05, 0) is 73.8 Å². The summed E-state index contributed by atoms with van der Waals surface area (Å²) in [7, 11) is 0. The predicted octanol–water partition coefficient (Wildman–Crippen LogP) is 2.59. The number of carbonyl (C=O) groups excluding carboxylic acids is 8. The Morgan fingerprint density at radius 2 is 1.48 bits per heavy atom. The minimum absolute atomic E-state index is 0.0165. The van der Waals surface area contributed by atoms with Crippen molar-refractivity contribution in [2.24, 2.45) is 23.0 Å². The van der Waals surface area contributed by atoms with E-state index in [4.69, 9.17) is 5.73 Å².